The van der Waals surface area contributed by atoms with Gasteiger partial charge in [-0.05, 0) is 30.9 Å². The normalized spacial score (nSPS) is 23.6. The highest BCUT2D eigenvalue weighted by Gasteiger charge is 2.36. The van der Waals surface area contributed by atoms with Crippen molar-refractivity contribution in [3.63, 3.8) is 0 Å². The van der Waals surface area contributed by atoms with E-state index in [2.05, 4.69) is 28.3 Å². The van der Waals surface area contributed by atoms with Gasteiger partial charge in [-0.1, -0.05) is 25.5 Å². The Morgan fingerprint density at radius 1 is 1.44 bits per heavy atom. The first-order valence-corrected chi connectivity index (χ1v) is 6.08. The number of para-hydroxylation sites is 2. The summed E-state index contributed by atoms with van der Waals surface area (Å²) in [6.45, 7) is 2.25. The summed E-state index contributed by atoms with van der Waals surface area (Å²) >= 11 is 0. The first-order valence-electron chi connectivity index (χ1n) is 6.08. The summed E-state index contributed by atoms with van der Waals surface area (Å²) in [5.74, 6) is 1.78. The first-order chi connectivity index (χ1) is 7.86. The second-order valence-corrected chi connectivity index (χ2v) is 4.64. The maximum absolute atomic E-state index is 4.52. The second-order valence-electron chi connectivity index (χ2n) is 4.64. The van der Waals surface area contributed by atoms with E-state index < -0.39 is 0 Å². The van der Waals surface area contributed by atoms with E-state index in [-0.39, 0.29) is 0 Å². The van der Waals surface area contributed by atoms with Gasteiger partial charge in [0.15, 0.2) is 0 Å². The Labute approximate surface area is 95.3 Å². The van der Waals surface area contributed by atoms with Crippen LogP contribution in [0.15, 0.2) is 24.3 Å². The highest BCUT2D eigenvalue weighted by molar-refractivity contribution is 5.77. The summed E-state index contributed by atoms with van der Waals surface area (Å²) in [5.41, 5.74) is 2.15. The number of nitrogens with one attached hydrogen (secondary N) is 2. The zero-order valence-corrected chi connectivity index (χ0v) is 9.53. The second kappa shape index (κ2) is 3.81. The van der Waals surface area contributed by atoms with E-state index in [0.717, 1.165) is 22.9 Å². The van der Waals surface area contributed by atoms with Gasteiger partial charge >= 0.3 is 0 Å². The van der Waals surface area contributed by atoms with Crippen molar-refractivity contribution in [1.29, 1.82) is 0 Å². The maximum atomic E-state index is 4.52. The number of anilines is 1. The van der Waals surface area contributed by atoms with Crippen LogP contribution in [-0.2, 0) is 0 Å². The monoisotopic (exact) mass is 215 g/mol. The summed E-state index contributed by atoms with van der Waals surface area (Å²) < 4.78 is 0. The molecule has 0 amide bonds. The number of rotatable bonds is 4. The van der Waals surface area contributed by atoms with Crippen molar-refractivity contribution in [2.75, 3.05) is 5.32 Å². The van der Waals surface area contributed by atoms with Crippen molar-refractivity contribution < 1.29 is 0 Å². The topological polar surface area (TPSA) is 40.7 Å². The smallest absolute Gasteiger partial charge is 0.201 e. The minimum absolute atomic E-state index is 0.639. The standard InChI is InChI=1S/C13H17N3/c1-2-5-9-8-12(9)16-13-14-10-6-3-4-7-11(10)15-13/h3-4,6-7,9,12H,2,5,8H2,1H3,(H2,14,15,16). The number of fused-ring (bicyclic) bond motifs is 1. The molecule has 1 aromatic heterocycles. The van der Waals surface area contributed by atoms with Gasteiger partial charge in [0.25, 0.3) is 0 Å². The van der Waals surface area contributed by atoms with Crippen LogP contribution >= 0.6 is 0 Å². The minimum Gasteiger partial charge on any atom is -0.353 e. The van der Waals surface area contributed by atoms with Gasteiger partial charge < -0.3 is 10.3 Å². The Morgan fingerprint density at radius 3 is 3.12 bits per heavy atom. The molecule has 0 bridgehead atoms. The largest absolute Gasteiger partial charge is 0.353 e. The van der Waals surface area contributed by atoms with Crippen molar-refractivity contribution in [3.05, 3.63) is 24.3 Å². The lowest BCUT2D eigenvalue weighted by atomic mass is 10.2. The Morgan fingerprint density at radius 2 is 2.31 bits per heavy atom. The fraction of sp³-hybridized carbons (Fsp3) is 0.462. The SMILES string of the molecule is CCCC1CC1Nc1nc2ccccc2[nH]1. The molecule has 1 heterocycles. The molecule has 1 saturated carbocycles. The molecule has 0 aliphatic heterocycles. The average molecular weight is 215 g/mol. The zero-order chi connectivity index (χ0) is 11.0. The molecule has 16 heavy (non-hydrogen) atoms. The van der Waals surface area contributed by atoms with Gasteiger partial charge in [0.2, 0.25) is 5.95 Å². The van der Waals surface area contributed by atoms with Crippen LogP contribution in [0.3, 0.4) is 0 Å². The number of aromatic amines is 1. The molecule has 1 aliphatic rings. The number of nitrogens with zero attached hydrogens (tertiary/aromatic N) is 1. The van der Waals surface area contributed by atoms with Crippen LogP contribution in [0.2, 0.25) is 0 Å². The molecular formula is C13H17N3. The van der Waals surface area contributed by atoms with Gasteiger partial charge in [-0.25, -0.2) is 4.98 Å². The molecule has 2 aromatic rings. The molecule has 3 nitrogen and oxygen atoms in total. The molecule has 0 radical (unpaired) electrons. The molecule has 2 atom stereocenters. The van der Waals surface area contributed by atoms with Crippen LogP contribution in [0.25, 0.3) is 11.0 Å². The van der Waals surface area contributed by atoms with Gasteiger partial charge in [-0.15, -0.1) is 0 Å². The highest BCUT2D eigenvalue weighted by atomic mass is 15.2. The molecule has 0 spiro atoms. The van der Waals surface area contributed by atoms with Gasteiger partial charge in [0, 0.05) is 6.04 Å². The number of benzene rings is 1. The van der Waals surface area contributed by atoms with Crippen molar-refractivity contribution in [2.45, 2.75) is 32.2 Å². The lowest BCUT2D eigenvalue weighted by Gasteiger charge is -2.00. The quantitative estimate of drug-likeness (QED) is 0.822. The Kier molecular flexibility index (Phi) is 2.31. The van der Waals surface area contributed by atoms with Gasteiger partial charge in [-0.2, -0.15) is 0 Å². The molecule has 3 rings (SSSR count). The molecule has 2 N–H and O–H groups in total. The van der Waals surface area contributed by atoms with Crippen LogP contribution in [0.5, 0.6) is 0 Å². The predicted octanol–water partition coefficient (Wildman–Crippen LogP) is 3.16. The molecule has 0 saturated heterocycles. The van der Waals surface area contributed by atoms with Crippen LogP contribution < -0.4 is 5.32 Å². The summed E-state index contributed by atoms with van der Waals surface area (Å²) in [4.78, 5) is 7.83. The van der Waals surface area contributed by atoms with E-state index in [1.807, 2.05) is 18.2 Å². The molecule has 1 aliphatic carbocycles. The van der Waals surface area contributed by atoms with Crippen molar-refractivity contribution in [3.8, 4) is 0 Å². The fourth-order valence-corrected chi connectivity index (χ4v) is 2.31. The Hall–Kier alpha value is -1.51. The van der Waals surface area contributed by atoms with Crippen molar-refractivity contribution >= 4 is 17.0 Å². The minimum atomic E-state index is 0.639. The lowest BCUT2D eigenvalue weighted by Crippen LogP contribution is -2.05. The van der Waals surface area contributed by atoms with E-state index in [1.165, 1.54) is 19.3 Å². The van der Waals surface area contributed by atoms with E-state index in [0.29, 0.717) is 6.04 Å². The molecule has 3 heteroatoms. The summed E-state index contributed by atoms with van der Waals surface area (Å²) in [7, 11) is 0. The number of aromatic nitrogens is 2. The van der Waals surface area contributed by atoms with Gasteiger partial charge in [0.1, 0.15) is 0 Å². The van der Waals surface area contributed by atoms with E-state index in [4.69, 9.17) is 0 Å². The van der Waals surface area contributed by atoms with E-state index >= 15 is 0 Å². The molecule has 84 valence electrons. The molecule has 1 aromatic carbocycles. The maximum Gasteiger partial charge on any atom is 0.201 e. The van der Waals surface area contributed by atoms with Gasteiger partial charge in [0.05, 0.1) is 11.0 Å². The average Bonchev–Trinajstić information content (AvgIpc) is 2.88. The van der Waals surface area contributed by atoms with Crippen molar-refractivity contribution in [1.82, 2.24) is 9.97 Å². The molecule has 2 unspecified atom stereocenters. The zero-order valence-electron chi connectivity index (χ0n) is 9.53. The third-order valence-electron chi connectivity index (χ3n) is 3.29. The number of hydrogen-bond acceptors (Lipinski definition) is 2. The number of hydrogen-bond donors (Lipinski definition) is 2. The first kappa shape index (κ1) is 9.70. The van der Waals surface area contributed by atoms with Crippen LogP contribution in [0, 0.1) is 5.92 Å². The summed E-state index contributed by atoms with van der Waals surface area (Å²) in [6, 6.07) is 8.78. The third kappa shape index (κ3) is 1.77. The summed E-state index contributed by atoms with van der Waals surface area (Å²) in [5, 5.41) is 3.47. The number of imidazole rings is 1. The van der Waals surface area contributed by atoms with Crippen LogP contribution in [-0.4, -0.2) is 16.0 Å². The van der Waals surface area contributed by atoms with E-state index in [9.17, 15) is 0 Å². The van der Waals surface area contributed by atoms with Crippen LogP contribution in [0.4, 0.5) is 5.95 Å². The fourth-order valence-electron chi connectivity index (χ4n) is 2.31. The van der Waals surface area contributed by atoms with Crippen LogP contribution in [0.1, 0.15) is 26.2 Å². The van der Waals surface area contributed by atoms with Crippen molar-refractivity contribution in [2.24, 2.45) is 5.92 Å². The third-order valence-corrected chi connectivity index (χ3v) is 3.29. The highest BCUT2D eigenvalue weighted by Crippen LogP contribution is 2.36. The lowest BCUT2D eigenvalue weighted by molar-refractivity contribution is 0.691. The molecule has 1 fully saturated rings. The molecular weight excluding hydrogens is 198 g/mol. The number of H-pyrrole nitrogens is 1. The predicted molar refractivity (Wildman–Crippen MR) is 66.5 cm³/mol. The van der Waals surface area contributed by atoms with Gasteiger partial charge in [-0.3, -0.25) is 0 Å². The summed E-state index contributed by atoms with van der Waals surface area (Å²) in [6.07, 6.45) is 3.91. The van der Waals surface area contributed by atoms with E-state index in [1.54, 1.807) is 0 Å². The Balaban J connectivity index is 1.71. The Bertz CT molecular complexity index is 456.